The fraction of sp³-hybridized carbons (Fsp3) is 0.395. The third-order valence-corrected chi connectivity index (χ3v) is 10.6. The predicted molar refractivity (Wildman–Crippen MR) is 222 cm³/mol. The van der Waals surface area contributed by atoms with E-state index >= 15 is 0 Å². The average molecular weight is 799 g/mol. The number of hydrogen-bond acceptors (Lipinski definition) is 9. The van der Waals surface area contributed by atoms with E-state index in [0.717, 1.165) is 54.0 Å². The number of pyridine rings is 1. The van der Waals surface area contributed by atoms with Crippen molar-refractivity contribution in [2.24, 2.45) is 0 Å². The van der Waals surface area contributed by atoms with Gasteiger partial charge in [-0.3, -0.25) is 9.59 Å². The summed E-state index contributed by atoms with van der Waals surface area (Å²) in [6, 6.07) is 17.2. The summed E-state index contributed by atoms with van der Waals surface area (Å²) in [7, 11) is 1.81. The molecule has 1 atom stereocenters. The van der Waals surface area contributed by atoms with E-state index in [-0.39, 0.29) is 61.4 Å². The summed E-state index contributed by atoms with van der Waals surface area (Å²) in [5.41, 5.74) is 4.26. The number of phenols is 1. The van der Waals surface area contributed by atoms with Gasteiger partial charge in [0.05, 0.1) is 31.2 Å². The monoisotopic (exact) mass is 798 g/mol. The number of aliphatic hydroxyl groups is 1. The number of fused-ring (bicyclic) bond motifs is 4. The maximum absolute atomic E-state index is 14.5. The molecule has 0 spiro atoms. The molecule has 0 aliphatic carbocycles. The molecule has 14 heteroatoms. The van der Waals surface area contributed by atoms with Crippen LogP contribution in [0.25, 0.3) is 16.4 Å². The third kappa shape index (κ3) is 9.85. The lowest BCUT2D eigenvalue weighted by atomic mass is 9.90. The number of nitrogens with zero attached hydrogens (tertiary/aromatic N) is 4. The zero-order valence-corrected chi connectivity index (χ0v) is 33.3. The molecule has 0 radical (unpaired) electrons. The summed E-state index contributed by atoms with van der Waals surface area (Å²) < 4.78 is 13.4. The van der Waals surface area contributed by atoms with Crippen LogP contribution in [0, 0.1) is 0 Å². The molecule has 5 aromatic rings. The van der Waals surface area contributed by atoms with Gasteiger partial charge in [-0.2, -0.15) is 0 Å². The van der Waals surface area contributed by atoms with Crippen molar-refractivity contribution in [3.63, 3.8) is 0 Å². The number of alkyl halides is 1. The molecule has 4 N–H and O–H groups in total. The molecule has 0 bridgehead atoms. The number of aryl methyl sites for hydroxylation is 1. The summed E-state index contributed by atoms with van der Waals surface area (Å²) in [6.45, 7) is 3.97. The van der Waals surface area contributed by atoms with E-state index < -0.39 is 6.09 Å². The SMILES string of the molecule is CCCCCCCc1cccc2c(OC(=O)N(CCNC)CCOCCO)cc3c(c12)[C@H](CCl)CN3C(=O)c1cn2cc(NC(=O)c3ccc(O)cc3)ccc2n1. The quantitative estimate of drug-likeness (QED) is 0.0512. The van der Waals surface area contributed by atoms with Gasteiger partial charge in [0.2, 0.25) is 0 Å². The summed E-state index contributed by atoms with van der Waals surface area (Å²) in [6.07, 6.45) is 9.17. The minimum Gasteiger partial charge on any atom is -0.508 e. The molecule has 302 valence electrons. The number of carbonyl (C=O) groups excluding carboxylic acids is 3. The number of aliphatic hydroxyl groups excluding tert-OH is 1. The van der Waals surface area contributed by atoms with Gasteiger partial charge in [-0.25, -0.2) is 9.78 Å². The van der Waals surface area contributed by atoms with Crippen molar-refractivity contribution in [2.75, 3.05) is 69.1 Å². The van der Waals surface area contributed by atoms with Crippen LogP contribution in [0.5, 0.6) is 11.5 Å². The number of nitrogens with one attached hydrogen (secondary N) is 2. The predicted octanol–water partition coefficient (Wildman–Crippen LogP) is 6.97. The maximum atomic E-state index is 14.5. The van der Waals surface area contributed by atoms with Gasteiger partial charge in [-0.05, 0) is 72.8 Å². The van der Waals surface area contributed by atoms with E-state index in [2.05, 4.69) is 28.6 Å². The number of benzene rings is 3. The number of imidazole rings is 1. The highest BCUT2D eigenvalue weighted by atomic mass is 35.5. The van der Waals surface area contributed by atoms with Crippen LogP contribution in [0.4, 0.5) is 16.2 Å². The number of halogens is 1. The number of likely N-dealkylation sites (N-methyl/N-ethyl adjacent to an activating group) is 1. The van der Waals surface area contributed by atoms with Gasteiger partial charge in [-0.15, -0.1) is 11.6 Å². The Morgan fingerprint density at radius 2 is 1.81 bits per heavy atom. The molecule has 3 heterocycles. The van der Waals surface area contributed by atoms with E-state index in [1.807, 2.05) is 19.2 Å². The Morgan fingerprint density at radius 1 is 1.00 bits per heavy atom. The largest absolute Gasteiger partial charge is 0.508 e. The normalized spacial score (nSPS) is 13.6. The van der Waals surface area contributed by atoms with Gasteiger partial charge in [-0.1, -0.05) is 50.8 Å². The fourth-order valence-corrected chi connectivity index (χ4v) is 7.52. The maximum Gasteiger partial charge on any atom is 0.415 e. The van der Waals surface area contributed by atoms with Gasteiger partial charge >= 0.3 is 6.09 Å². The first kappa shape index (κ1) is 41.4. The first-order valence-corrected chi connectivity index (χ1v) is 20.1. The van der Waals surface area contributed by atoms with Gasteiger partial charge in [0.1, 0.15) is 22.8 Å². The van der Waals surface area contributed by atoms with Crippen molar-refractivity contribution in [1.29, 1.82) is 0 Å². The molecule has 1 aliphatic rings. The first-order chi connectivity index (χ1) is 27.8. The van der Waals surface area contributed by atoms with Crippen LogP contribution in [0.15, 0.2) is 73.1 Å². The number of carbonyl (C=O) groups is 3. The second-order valence-corrected chi connectivity index (χ2v) is 14.5. The molecule has 6 rings (SSSR count). The summed E-state index contributed by atoms with van der Waals surface area (Å²) in [5, 5.41) is 26.4. The molecule has 13 nitrogen and oxygen atoms in total. The highest BCUT2D eigenvalue weighted by molar-refractivity contribution is 6.19. The van der Waals surface area contributed by atoms with Crippen molar-refractivity contribution in [3.8, 4) is 11.5 Å². The van der Waals surface area contributed by atoms with Crippen molar-refractivity contribution in [1.82, 2.24) is 19.6 Å². The Hall–Kier alpha value is -5.21. The van der Waals surface area contributed by atoms with Crippen molar-refractivity contribution in [3.05, 3.63) is 95.4 Å². The average Bonchev–Trinajstić information content (AvgIpc) is 3.82. The number of aromatic nitrogens is 2. The number of phenolic OH excluding ortho intramolecular Hbond substituents is 1. The van der Waals surface area contributed by atoms with Crippen LogP contribution in [0.3, 0.4) is 0 Å². The van der Waals surface area contributed by atoms with Gasteiger partial charge < -0.3 is 44.5 Å². The van der Waals surface area contributed by atoms with Gasteiger partial charge in [0, 0.05) is 67.4 Å². The number of anilines is 2. The molecular weight excluding hydrogens is 748 g/mol. The van der Waals surface area contributed by atoms with Crippen molar-refractivity contribution < 1.29 is 34.1 Å². The third-order valence-electron chi connectivity index (χ3n) is 10.2. The highest BCUT2D eigenvalue weighted by Crippen LogP contribution is 2.47. The van der Waals surface area contributed by atoms with Crippen LogP contribution in [-0.4, -0.2) is 101 Å². The first-order valence-electron chi connectivity index (χ1n) is 19.6. The van der Waals surface area contributed by atoms with Crippen LogP contribution in [0.2, 0.25) is 0 Å². The Balaban J connectivity index is 1.35. The van der Waals surface area contributed by atoms with E-state index in [1.54, 1.807) is 44.8 Å². The number of hydrogen-bond donors (Lipinski definition) is 4. The Labute approximate surface area is 337 Å². The van der Waals surface area contributed by atoms with Crippen LogP contribution >= 0.6 is 11.6 Å². The number of amides is 3. The molecule has 2 aromatic heterocycles. The molecule has 0 fully saturated rings. The fourth-order valence-electron chi connectivity index (χ4n) is 7.27. The standard InChI is InChI=1S/C43H51ClN6O7/c1-3-4-5-6-7-9-29-10-8-11-34-37(57-43(55)48(19-18-45-2)20-22-56-23-21-51)24-36-40(39(29)34)31(25-44)26-50(36)42(54)35-28-49-27-32(14-17-38(49)47-35)46-41(53)30-12-15-33(52)16-13-30/h8,10-17,24,27-28,31,45,51-52H,3-7,9,18-23,25-26H2,1-2H3,(H,46,53)/t31-/m1/s1. The van der Waals surface area contributed by atoms with E-state index in [1.165, 1.54) is 30.7 Å². The molecule has 1 aliphatic heterocycles. The molecule has 57 heavy (non-hydrogen) atoms. The minimum absolute atomic E-state index is 0.0638. The van der Waals surface area contributed by atoms with E-state index in [0.29, 0.717) is 48.0 Å². The minimum atomic E-state index is -0.553. The summed E-state index contributed by atoms with van der Waals surface area (Å²) in [4.78, 5) is 49.1. The number of ether oxygens (including phenoxy) is 2. The molecular formula is C43H51ClN6O7. The molecule has 3 aromatic carbocycles. The Morgan fingerprint density at radius 3 is 2.56 bits per heavy atom. The number of rotatable bonds is 19. The van der Waals surface area contributed by atoms with E-state index in [9.17, 15) is 19.5 Å². The molecule has 0 saturated carbocycles. The van der Waals surface area contributed by atoms with Crippen molar-refractivity contribution >= 4 is 57.3 Å². The summed E-state index contributed by atoms with van der Waals surface area (Å²) >= 11 is 6.70. The second kappa shape index (κ2) is 19.8. The van der Waals surface area contributed by atoms with Crippen LogP contribution in [0.1, 0.15) is 76.9 Å². The highest BCUT2D eigenvalue weighted by Gasteiger charge is 2.37. The number of unbranched alkanes of at least 4 members (excludes halogenated alkanes) is 4. The lowest BCUT2D eigenvalue weighted by Crippen LogP contribution is -2.40. The van der Waals surface area contributed by atoms with Crippen molar-refractivity contribution in [2.45, 2.75) is 51.4 Å². The molecule has 3 amide bonds. The lowest BCUT2D eigenvalue weighted by Gasteiger charge is -2.24. The topological polar surface area (TPSA) is 158 Å². The zero-order chi connectivity index (χ0) is 40.3. The van der Waals surface area contributed by atoms with Crippen LogP contribution < -0.4 is 20.3 Å². The Bertz CT molecular complexity index is 2180. The molecule has 0 unspecified atom stereocenters. The van der Waals surface area contributed by atoms with Crippen LogP contribution in [-0.2, 0) is 11.2 Å². The Kier molecular flexibility index (Phi) is 14.4. The molecule has 0 saturated heterocycles. The van der Waals surface area contributed by atoms with Gasteiger partial charge in [0.15, 0.2) is 0 Å². The summed E-state index contributed by atoms with van der Waals surface area (Å²) in [5.74, 6) is -0.202. The number of aromatic hydroxyl groups is 1. The lowest BCUT2D eigenvalue weighted by molar-refractivity contribution is 0.0731. The second-order valence-electron chi connectivity index (χ2n) is 14.2. The zero-order valence-electron chi connectivity index (χ0n) is 32.5. The smallest absolute Gasteiger partial charge is 0.415 e. The van der Waals surface area contributed by atoms with E-state index in [4.69, 9.17) is 26.2 Å². The van der Waals surface area contributed by atoms with Gasteiger partial charge in [0.25, 0.3) is 11.8 Å².